The van der Waals surface area contributed by atoms with E-state index in [0.717, 1.165) is 48.8 Å². The summed E-state index contributed by atoms with van der Waals surface area (Å²) in [6.07, 6.45) is 3.92. The molecule has 0 unspecified atom stereocenters. The number of hydrogen-bond acceptors (Lipinski definition) is 4. The third-order valence-corrected chi connectivity index (χ3v) is 5.37. The summed E-state index contributed by atoms with van der Waals surface area (Å²) in [6, 6.07) is 6.12. The van der Waals surface area contributed by atoms with Crippen LogP contribution in [-0.2, 0) is 11.2 Å². The van der Waals surface area contributed by atoms with Gasteiger partial charge in [-0.25, -0.2) is 0 Å². The van der Waals surface area contributed by atoms with Crippen molar-refractivity contribution in [2.45, 2.75) is 39.5 Å². The molecule has 2 amide bonds. The topological polar surface area (TPSA) is 88.6 Å². The second-order valence-electron chi connectivity index (χ2n) is 7.43. The maximum atomic E-state index is 12.6. The number of furan rings is 1. The summed E-state index contributed by atoms with van der Waals surface area (Å²) in [6.45, 7) is 6.91. The van der Waals surface area contributed by atoms with E-state index in [0.29, 0.717) is 25.4 Å². The molecule has 1 aliphatic rings. The van der Waals surface area contributed by atoms with Crippen molar-refractivity contribution in [2.24, 2.45) is 11.7 Å². The second kappa shape index (κ2) is 8.57. The van der Waals surface area contributed by atoms with E-state index in [-0.39, 0.29) is 17.7 Å². The molecule has 146 valence electrons. The number of likely N-dealkylation sites (tertiary alicyclic amines) is 1. The minimum absolute atomic E-state index is 0.0793. The maximum Gasteiger partial charge on any atom is 0.287 e. The fraction of sp³-hybridized carbons (Fsp3) is 0.524. The van der Waals surface area contributed by atoms with Gasteiger partial charge in [-0.3, -0.25) is 9.59 Å². The Morgan fingerprint density at radius 2 is 2.19 bits per heavy atom. The SMILES string of the molecule is CCCc1ccc2oc(C(=O)NCCN3CCC[C@H](C(N)=O)C3)c(C)c2c1. The van der Waals surface area contributed by atoms with Crippen molar-refractivity contribution in [3.8, 4) is 0 Å². The first-order valence-corrected chi connectivity index (χ1v) is 9.81. The quantitative estimate of drug-likeness (QED) is 0.783. The molecule has 27 heavy (non-hydrogen) atoms. The summed E-state index contributed by atoms with van der Waals surface area (Å²) in [5, 5.41) is 3.95. The highest BCUT2D eigenvalue weighted by Gasteiger charge is 2.24. The number of nitrogens with zero attached hydrogens (tertiary/aromatic N) is 1. The number of benzene rings is 1. The Morgan fingerprint density at radius 1 is 1.37 bits per heavy atom. The molecule has 0 saturated carbocycles. The van der Waals surface area contributed by atoms with E-state index in [1.165, 1.54) is 5.56 Å². The number of carbonyl (C=O) groups excluding carboxylic acids is 2. The van der Waals surface area contributed by atoms with Gasteiger partial charge in [0, 0.05) is 30.6 Å². The summed E-state index contributed by atoms with van der Waals surface area (Å²) in [5.41, 5.74) is 8.31. The van der Waals surface area contributed by atoms with Gasteiger partial charge in [-0.1, -0.05) is 19.4 Å². The first kappa shape index (κ1) is 19.4. The van der Waals surface area contributed by atoms with E-state index >= 15 is 0 Å². The molecule has 1 atom stereocenters. The summed E-state index contributed by atoms with van der Waals surface area (Å²) >= 11 is 0. The van der Waals surface area contributed by atoms with Crippen molar-refractivity contribution in [3.05, 3.63) is 35.1 Å². The van der Waals surface area contributed by atoms with Crippen molar-refractivity contribution in [2.75, 3.05) is 26.2 Å². The molecule has 1 aliphatic heterocycles. The van der Waals surface area contributed by atoms with Crippen molar-refractivity contribution in [1.82, 2.24) is 10.2 Å². The third kappa shape index (κ3) is 4.50. The van der Waals surface area contributed by atoms with Crippen LogP contribution in [0.4, 0.5) is 0 Å². The molecule has 0 spiro atoms. The molecule has 0 radical (unpaired) electrons. The number of piperidine rings is 1. The molecular weight excluding hydrogens is 342 g/mol. The van der Waals surface area contributed by atoms with Gasteiger partial charge in [-0.2, -0.15) is 0 Å². The molecule has 0 bridgehead atoms. The molecule has 6 heteroatoms. The van der Waals surface area contributed by atoms with Crippen molar-refractivity contribution in [3.63, 3.8) is 0 Å². The first-order valence-electron chi connectivity index (χ1n) is 9.81. The van der Waals surface area contributed by atoms with Gasteiger partial charge in [0.05, 0.1) is 5.92 Å². The van der Waals surface area contributed by atoms with Crippen LogP contribution in [0.1, 0.15) is 47.9 Å². The zero-order valence-corrected chi connectivity index (χ0v) is 16.2. The predicted molar refractivity (Wildman–Crippen MR) is 106 cm³/mol. The van der Waals surface area contributed by atoms with Crippen molar-refractivity contribution < 1.29 is 14.0 Å². The molecule has 1 aromatic carbocycles. The van der Waals surface area contributed by atoms with Crippen LogP contribution in [0.15, 0.2) is 22.6 Å². The number of nitrogens with two attached hydrogens (primary N) is 1. The highest BCUT2D eigenvalue weighted by atomic mass is 16.3. The molecule has 6 nitrogen and oxygen atoms in total. The third-order valence-electron chi connectivity index (χ3n) is 5.37. The van der Waals surface area contributed by atoms with Gasteiger partial charge in [-0.15, -0.1) is 0 Å². The number of aryl methyl sites for hydroxylation is 2. The monoisotopic (exact) mass is 371 g/mol. The van der Waals surface area contributed by atoms with Crippen molar-refractivity contribution in [1.29, 1.82) is 0 Å². The van der Waals surface area contributed by atoms with E-state index < -0.39 is 0 Å². The van der Waals surface area contributed by atoms with Crippen LogP contribution in [-0.4, -0.2) is 42.9 Å². The Kier molecular flexibility index (Phi) is 6.16. The molecule has 1 saturated heterocycles. The van der Waals surface area contributed by atoms with E-state index in [2.05, 4.69) is 29.3 Å². The average molecular weight is 371 g/mol. The minimum atomic E-state index is -0.232. The van der Waals surface area contributed by atoms with E-state index in [1.807, 2.05) is 13.0 Å². The number of nitrogens with one attached hydrogen (secondary N) is 1. The molecule has 3 rings (SSSR count). The molecule has 1 fully saturated rings. The van der Waals surface area contributed by atoms with Gasteiger partial charge in [-0.05, 0) is 50.4 Å². The summed E-state index contributed by atoms with van der Waals surface area (Å²) in [4.78, 5) is 26.1. The van der Waals surface area contributed by atoms with Crippen LogP contribution >= 0.6 is 0 Å². The number of amides is 2. The Hall–Kier alpha value is -2.34. The smallest absolute Gasteiger partial charge is 0.287 e. The summed E-state index contributed by atoms with van der Waals surface area (Å²) in [7, 11) is 0. The first-order chi connectivity index (χ1) is 13.0. The minimum Gasteiger partial charge on any atom is -0.451 e. The summed E-state index contributed by atoms with van der Waals surface area (Å²) in [5.74, 6) is -0.120. The molecule has 2 heterocycles. The van der Waals surface area contributed by atoms with Gasteiger partial charge in [0.15, 0.2) is 5.76 Å². The highest BCUT2D eigenvalue weighted by Crippen LogP contribution is 2.26. The number of carbonyl (C=O) groups is 2. The van der Waals surface area contributed by atoms with E-state index in [9.17, 15) is 9.59 Å². The molecule has 2 aromatic rings. The fourth-order valence-electron chi connectivity index (χ4n) is 3.83. The van der Waals surface area contributed by atoms with E-state index in [1.54, 1.807) is 0 Å². The van der Waals surface area contributed by atoms with Crippen LogP contribution in [0, 0.1) is 12.8 Å². The molecule has 1 aromatic heterocycles. The van der Waals surface area contributed by atoms with Crippen LogP contribution in [0.3, 0.4) is 0 Å². The molecular formula is C21H29N3O3. The Balaban J connectivity index is 1.59. The maximum absolute atomic E-state index is 12.6. The standard InChI is InChI=1S/C21H29N3O3/c1-3-5-15-7-8-18-17(12-15)14(2)19(27-18)21(26)23-9-11-24-10-4-6-16(13-24)20(22)25/h7-8,12,16H,3-6,9-11,13H2,1-2H3,(H2,22,25)(H,23,26)/t16-/m0/s1. The lowest BCUT2D eigenvalue weighted by molar-refractivity contribution is -0.123. The van der Waals surface area contributed by atoms with Crippen LogP contribution in [0.5, 0.6) is 0 Å². The largest absolute Gasteiger partial charge is 0.451 e. The lowest BCUT2D eigenvalue weighted by atomic mass is 9.97. The number of rotatable bonds is 7. The zero-order chi connectivity index (χ0) is 19.4. The van der Waals surface area contributed by atoms with Crippen molar-refractivity contribution >= 4 is 22.8 Å². The van der Waals surface area contributed by atoms with Gasteiger partial charge < -0.3 is 20.4 Å². The van der Waals surface area contributed by atoms with Crippen LogP contribution < -0.4 is 11.1 Å². The van der Waals surface area contributed by atoms with Gasteiger partial charge in [0.2, 0.25) is 5.91 Å². The van der Waals surface area contributed by atoms with Crippen LogP contribution in [0.2, 0.25) is 0 Å². The van der Waals surface area contributed by atoms with Gasteiger partial charge >= 0.3 is 0 Å². The molecule has 3 N–H and O–H groups in total. The lowest BCUT2D eigenvalue weighted by Crippen LogP contribution is -2.44. The normalized spacial score (nSPS) is 17.9. The number of primary amides is 1. The average Bonchev–Trinajstić information content (AvgIpc) is 2.99. The Labute approximate surface area is 160 Å². The number of fused-ring (bicyclic) bond motifs is 1. The number of hydrogen-bond donors (Lipinski definition) is 2. The predicted octanol–water partition coefficient (Wildman–Crippen LogP) is 2.62. The van der Waals surface area contributed by atoms with Gasteiger partial charge in [0.1, 0.15) is 5.58 Å². The van der Waals surface area contributed by atoms with Gasteiger partial charge in [0.25, 0.3) is 5.91 Å². The molecule has 0 aliphatic carbocycles. The zero-order valence-electron chi connectivity index (χ0n) is 16.2. The summed E-state index contributed by atoms with van der Waals surface area (Å²) < 4.78 is 5.80. The Bertz CT molecular complexity index is 827. The second-order valence-corrected chi connectivity index (χ2v) is 7.43. The lowest BCUT2D eigenvalue weighted by Gasteiger charge is -2.30. The van der Waals surface area contributed by atoms with Crippen LogP contribution in [0.25, 0.3) is 11.0 Å². The van der Waals surface area contributed by atoms with E-state index in [4.69, 9.17) is 10.2 Å². The highest BCUT2D eigenvalue weighted by molar-refractivity contribution is 5.99. The fourth-order valence-corrected chi connectivity index (χ4v) is 3.83. The Morgan fingerprint density at radius 3 is 2.93 bits per heavy atom.